The minimum Gasteiger partial charge on any atom is -0.450 e. The molecule has 2 rings (SSSR count). The molecule has 1 aromatic heterocycles. The molecule has 1 fully saturated rings. The van der Waals surface area contributed by atoms with Crippen LogP contribution in [0.4, 0.5) is 10.5 Å². The van der Waals surface area contributed by atoms with Crippen molar-refractivity contribution in [1.82, 2.24) is 20.0 Å². The number of hydrogen-bond donors (Lipinski definition) is 2. The molecular weight excluding hydrogens is 310 g/mol. The lowest BCUT2D eigenvalue weighted by atomic mass is 9.80. The van der Waals surface area contributed by atoms with Crippen molar-refractivity contribution in [2.45, 2.75) is 33.2 Å². The Morgan fingerprint density at radius 2 is 2.08 bits per heavy atom. The number of amides is 2. The van der Waals surface area contributed by atoms with E-state index in [1.165, 1.54) is 0 Å². The summed E-state index contributed by atoms with van der Waals surface area (Å²) in [5.74, 6) is -0.0806. The Balaban J connectivity index is 1.80. The summed E-state index contributed by atoms with van der Waals surface area (Å²) in [5, 5.41) is 10.1. The Labute approximate surface area is 142 Å². The van der Waals surface area contributed by atoms with Gasteiger partial charge in [0.25, 0.3) is 0 Å². The van der Waals surface area contributed by atoms with Gasteiger partial charge in [-0.3, -0.25) is 9.48 Å². The van der Waals surface area contributed by atoms with Gasteiger partial charge in [0, 0.05) is 32.9 Å². The van der Waals surface area contributed by atoms with Gasteiger partial charge in [0.1, 0.15) is 6.54 Å². The van der Waals surface area contributed by atoms with Crippen molar-refractivity contribution in [1.29, 1.82) is 0 Å². The quantitative estimate of drug-likeness (QED) is 0.817. The van der Waals surface area contributed by atoms with Crippen LogP contribution in [0.2, 0.25) is 0 Å². The van der Waals surface area contributed by atoms with Crippen LogP contribution in [0.3, 0.4) is 0 Å². The molecule has 0 saturated carbocycles. The molecule has 0 unspecified atom stereocenters. The van der Waals surface area contributed by atoms with E-state index in [-0.39, 0.29) is 24.0 Å². The van der Waals surface area contributed by atoms with Crippen molar-refractivity contribution in [3.63, 3.8) is 0 Å². The molecule has 24 heavy (non-hydrogen) atoms. The summed E-state index contributed by atoms with van der Waals surface area (Å²) in [5.41, 5.74) is 1.01. The summed E-state index contributed by atoms with van der Waals surface area (Å²) < 4.78 is 6.65. The number of aromatic nitrogens is 2. The fraction of sp³-hybridized carbons (Fsp3) is 0.688. The predicted molar refractivity (Wildman–Crippen MR) is 90.7 cm³/mol. The molecule has 1 aliphatic rings. The molecule has 134 valence electrons. The number of nitrogens with one attached hydrogen (secondary N) is 2. The molecule has 0 bridgehead atoms. The lowest BCUT2D eigenvalue weighted by Crippen LogP contribution is -2.44. The van der Waals surface area contributed by atoms with Gasteiger partial charge in [0.15, 0.2) is 0 Å². The molecule has 0 spiro atoms. The fourth-order valence-corrected chi connectivity index (χ4v) is 2.70. The number of likely N-dealkylation sites (N-methyl/N-ethyl adjacent to an activating group) is 1. The standard InChI is InChI=1S/C16H27N5O3/c1-4-24-15(23)20-7-5-16(2,6-8-20)12-18-13-9-19-21(10-13)11-14(22)17-3/h9-10,18H,4-8,11-12H2,1-3H3,(H,17,22). The summed E-state index contributed by atoms with van der Waals surface area (Å²) in [4.78, 5) is 24.9. The maximum Gasteiger partial charge on any atom is 0.409 e. The normalized spacial score (nSPS) is 16.5. The number of hydrogen-bond acceptors (Lipinski definition) is 5. The zero-order valence-electron chi connectivity index (χ0n) is 14.7. The fourth-order valence-electron chi connectivity index (χ4n) is 2.70. The largest absolute Gasteiger partial charge is 0.450 e. The van der Waals surface area contributed by atoms with Gasteiger partial charge in [-0.1, -0.05) is 6.92 Å². The first-order valence-corrected chi connectivity index (χ1v) is 8.34. The van der Waals surface area contributed by atoms with Crippen LogP contribution in [0.15, 0.2) is 12.4 Å². The molecular formula is C16H27N5O3. The second-order valence-electron chi connectivity index (χ2n) is 6.45. The van der Waals surface area contributed by atoms with Crippen LogP contribution in [0.5, 0.6) is 0 Å². The Bertz CT molecular complexity index is 564. The Kier molecular flexibility index (Phi) is 6.05. The Hall–Kier alpha value is -2.25. The Morgan fingerprint density at radius 3 is 2.71 bits per heavy atom. The average Bonchev–Trinajstić information content (AvgIpc) is 3.01. The van der Waals surface area contributed by atoms with Crippen molar-refractivity contribution >= 4 is 17.7 Å². The van der Waals surface area contributed by atoms with Gasteiger partial charge in [0.2, 0.25) is 5.91 Å². The molecule has 1 aromatic rings. The molecule has 0 aliphatic carbocycles. The molecule has 1 saturated heterocycles. The number of ether oxygens (including phenoxy) is 1. The van der Waals surface area contributed by atoms with Crippen molar-refractivity contribution in [3.05, 3.63) is 12.4 Å². The number of rotatable bonds is 6. The molecule has 0 radical (unpaired) electrons. The molecule has 2 N–H and O–H groups in total. The third-order valence-corrected chi connectivity index (χ3v) is 4.43. The molecule has 2 amide bonds. The highest BCUT2D eigenvalue weighted by atomic mass is 16.6. The summed E-state index contributed by atoms with van der Waals surface area (Å²) in [6.07, 6.45) is 5.17. The number of likely N-dealkylation sites (tertiary alicyclic amines) is 1. The van der Waals surface area contributed by atoms with Gasteiger partial charge >= 0.3 is 6.09 Å². The van der Waals surface area contributed by atoms with E-state index in [1.54, 1.807) is 22.8 Å². The van der Waals surface area contributed by atoms with Crippen LogP contribution < -0.4 is 10.6 Å². The second kappa shape index (κ2) is 8.03. The minimum atomic E-state index is -0.219. The van der Waals surface area contributed by atoms with E-state index in [0.29, 0.717) is 19.7 Å². The van der Waals surface area contributed by atoms with E-state index in [9.17, 15) is 9.59 Å². The molecule has 0 atom stereocenters. The van der Waals surface area contributed by atoms with Crippen molar-refractivity contribution in [2.24, 2.45) is 5.41 Å². The summed E-state index contributed by atoms with van der Waals surface area (Å²) in [6, 6.07) is 0. The summed E-state index contributed by atoms with van der Waals surface area (Å²) >= 11 is 0. The summed E-state index contributed by atoms with van der Waals surface area (Å²) in [6.45, 7) is 6.89. The predicted octanol–water partition coefficient (Wildman–Crippen LogP) is 1.30. The van der Waals surface area contributed by atoms with Crippen molar-refractivity contribution in [3.8, 4) is 0 Å². The Morgan fingerprint density at radius 1 is 1.38 bits per heavy atom. The minimum absolute atomic E-state index is 0.0806. The van der Waals surface area contributed by atoms with Crippen molar-refractivity contribution in [2.75, 3.05) is 38.6 Å². The SMILES string of the molecule is CCOC(=O)N1CCC(C)(CNc2cnn(CC(=O)NC)c2)CC1. The second-order valence-corrected chi connectivity index (χ2v) is 6.45. The zero-order valence-corrected chi connectivity index (χ0v) is 14.7. The molecule has 8 nitrogen and oxygen atoms in total. The van der Waals surface area contributed by atoms with Gasteiger partial charge in [-0.2, -0.15) is 5.10 Å². The lowest BCUT2D eigenvalue weighted by Gasteiger charge is -2.39. The highest BCUT2D eigenvalue weighted by Crippen LogP contribution is 2.31. The molecule has 1 aliphatic heterocycles. The van der Waals surface area contributed by atoms with Crippen LogP contribution in [-0.4, -0.2) is 60.0 Å². The maximum atomic E-state index is 11.7. The van der Waals surface area contributed by atoms with Crippen LogP contribution in [0, 0.1) is 5.41 Å². The van der Waals surface area contributed by atoms with Gasteiger partial charge < -0.3 is 20.3 Å². The van der Waals surface area contributed by atoms with E-state index in [0.717, 1.165) is 25.1 Å². The number of anilines is 1. The van der Waals surface area contributed by atoms with Gasteiger partial charge in [-0.25, -0.2) is 4.79 Å². The topological polar surface area (TPSA) is 88.5 Å². The van der Waals surface area contributed by atoms with Crippen LogP contribution in [0.25, 0.3) is 0 Å². The van der Waals surface area contributed by atoms with Gasteiger partial charge in [-0.05, 0) is 25.2 Å². The first-order valence-electron chi connectivity index (χ1n) is 8.34. The van der Waals surface area contributed by atoms with E-state index >= 15 is 0 Å². The summed E-state index contributed by atoms with van der Waals surface area (Å²) in [7, 11) is 1.61. The molecule has 2 heterocycles. The van der Waals surface area contributed by atoms with E-state index in [1.807, 2.05) is 13.1 Å². The van der Waals surface area contributed by atoms with Gasteiger partial charge in [-0.15, -0.1) is 0 Å². The van der Waals surface area contributed by atoms with Crippen LogP contribution in [-0.2, 0) is 16.1 Å². The van der Waals surface area contributed by atoms with E-state index in [2.05, 4.69) is 22.7 Å². The monoisotopic (exact) mass is 337 g/mol. The third-order valence-electron chi connectivity index (χ3n) is 4.43. The lowest BCUT2D eigenvalue weighted by molar-refractivity contribution is -0.121. The number of piperidine rings is 1. The average molecular weight is 337 g/mol. The number of nitrogens with zero attached hydrogens (tertiary/aromatic N) is 3. The van der Waals surface area contributed by atoms with Crippen molar-refractivity contribution < 1.29 is 14.3 Å². The first kappa shape index (κ1) is 18.1. The molecule has 0 aromatic carbocycles. The first-order chi connectivity index (χ1) is 11.5. The highest BCUT2D eigenvalue weighted by Gasteiger charge is 2.32. The van der Waals surface area contributed by atoms with Gasteiger partial charge in [0.05, 0.1) is 18.5 Å². The van der Waals surface area contributed by atoms with Crippen LogP contribution in [0.1, 0.15) is 26.7 Å². The number of carbonyl (C=O) groups is 2. The number of carbonyl (C=O) groups excluding carboxylic acids is 2. The maximum absolute atomic E-state index is 11.7. The zero-order chi connectivity index (χ0) is 17.6. The smallest absolute Gasteiger partial charge is 0.409 e. The third kappa shape index (κ3) is 4.87. The highest BCUT2D eigenvalue weighted by molar-refractivity contribution is 5.75. The van der Waals surface area contributed by atoms with E-state index in [4.69, 9.17) is 4.74 Å². The van der Waals surface area contributed by atoms with Crippen LogP contribution >= 0.6 is 0 Å². The molecule has 8 heteroatoms. The van der Waals surface area contributed by atoms with E-state index < -0.39 is 0 Å².